The van der Waals surface area contributed by atoms with Crippen LogP contribution in [0.3, 0.4) is 0 Å². The molecule has 0 amide bonds. The van der Waals surface area contributed by atoms with Crippen molar-refractivity contribution in [1.82, 2.24) is 4.98 Å². The van der Waals surface area contributed by atoms with Crippen LogP contribution in [0.1, 0.15) is 0 Å². The van der Waals surface area contributed by atoms with E-state index in [1.54, 1.807) is 12.3 Å². The Morgan fingerprint density at radius 2 is 2.43 bits per heavy atom. The molecule has 1 aromatic heterocycles. The number of pyridine rings is 1. The molecule has 0 aromatic carbocycles. The van der Waals surface area contributed by atoms with Gasteiger partial charge in [0.25, 0.3) is 0 Å². The van der Waals surface area contributed by atoms with Crippen molar-refractivity contribution in [2.75, 3.05) is 12.3 Å². The van der Waals surface area contributed by atoms with E-state index < -0.39 is 4.92 Å². The van der Waals surface area contributed by atoms with E-state index in [9.17, 15) is 10.1 Å². The predicted molar refractivity (Wildman–Crippen MR) is 58.3 cm³/mol. The molecule has 0 aliphatic carbocycles. The first-order valence-electron chi connectivity index (χ1n) is 3.84. The Balaban J connectivity index is 2.69. The average Bonchev–Trinajstić information content (AvgIpc) is 2.19. The summed E-state index contributed by atoms with van der Waals surface area (Å²) in [5.41, 5.74) is 5.35. The molecule has 0 radical (unpaired) electrons. The number of rotatable bonds is 5. The standard InChI is InChI=1S/C7H9N3O2S2/c8-3-5-13-14-7-6(10(11)12)2-1-4-9-7/h1-2,4H,3,5,8H2. The Morgan fingerprint density at radius 1 is 1.64 bits per heavy atom. The van der Waals surface area contributed by atoms with E-state index >= 15 is 0 Å². The summed E-state index contributed by atoms with van der Waals surface area (Å²) in [4.78, 5) is 14.1. The van der Waals surface area contributed by atoms with Crippen LogP contribution in [0.4, 0.5) is 5.69 Å². The van der Waals surface area contributed by atoms with Crippen LogP contribution in [0, 0.1) is 10.1 Å². The van der Waals surface area contributed by atoms with Crippen molar-refractivity contribution >= 4 is 27.3 Å². The highest BCUT2D eigenvalue weighted by Gasteiger charge is 2.14. The molecule has 1 heterocycles. The summed E-state index contributed by atoms with van der Waals surface area (Å²) in [7, 11) is 2.75. The lowest BCUT2D eigenvalue weighted by molar-refractivity contribution is -0.388. The Morgan fingerprint density at radius 3 is 3.07 bits per heavy atom. The number of nitrogens with zero attached hydrogens (tertiary/aromatic N) is 2. The lowest BCUT2D eigenvalue weighted by Crippen LogP contribution is -2.00. The van der Waals surface area contributed by atoms with Gasteiger partial charge in [-0.05, 0) is 16.9 Å². The largest absolute Gasteiger partial charge is 0.330 e. The molecule has 7 heteroatoms. The highest BCUT2D eigenvalue weighted by atomic mass is 33.1. The minimum atomic E-state index is -0.432. The van der Waals surface area contributed by atoms with Crippen molar-refractivity contribution in [3.05, 3.63) is 28.4 Å². The van der Waals surface area contributed by atoms with Gasteiger partial charge in [-0.1, -0.05) is 10.8 Å². The molecule has 14 heavy (non-hydrogen) atoms. The number of nitro groups is 1. The van der Waals surface area contributed by atoms with Gasteiger partial charge in [0.1, 0.15) is 0 Å². The molecule has 0 aliphatic heterocycles. The van der Waals surface area contributed by atoms with Gasteiger partial charge >= 0.3 is 5.69 Å². The molecule has 1 rings (SSSR count). The maximum Gasteiger partial charge on any atom is 0.302 e. The highest BCUT2D eigenvalue weighted by molar-refractivity contribution is 8.76. The highest BCUT2D eigenvalue weighted by Crippen LogP contribution is 2.34. The monoisotopic (exact) mass is 231 g/mol. The second-order valence-corrected chi connectivity index (χ2v) is 4.68. The van der Waals surface area contributed by atoms with Crippen molar-refractivity contribution in [2.45, 2.75) is 5.03 Å². The second kappa shape index (κ2) is 5.84. The molecular formula is C7H9N3O2S2. The van der Waals surface area contributed by atoms with Gasteiger partial charge in [0.15, 0.2) is 5.03 Å². The zero-order chi connectivity index (χ0) is 10.4. The van der Waals surface area contributed by atoms with Crippen LogP contribution in [0.25, 0.3) is 0 Å². The van der Waals surface area contributed by atoms with Crippen molar-refractivity contribution in [1.29, 1.82) is 0 Å². The smallest absolute Gasteiger partial charge is 0.302 e. The molecule has 2 N–H and O–H groups in total. The first-order chi connectivity index (χ1) is 6.75. The lowest BCUT2D eigenvalue weighted by Gasteiger charge is -1.99. The molecule has 0 aliphatic rings. The van der Waals surface area contributed by atoms with Gasteiger partial charge in [0.2, 0.25) is 0 Å². The zero-order valence-electron chi connectivity index (χ0n) is 7.25. The maximum atomic E-state index is 10.6. The molecule has 0 atom stereocenters. The quantitative estimate of drug-likeness (QED) is 0.359. The lowest BCUT2D eigenvalue weighted by atomic mass is 10.4. The third-order valence-electron chi connectivity index (χ3n) is 1.29. The van der Waals surface area contributed by atoms with Crippen LogP contribution in [-0.4, -0.2) is 22.2 Å². The molecule has 0 unspecified atom stereocenters. The summed E-state index contributed by atoms with van der Waals surface area (Å²) in [6, 6.07) is 2.99. The van der Waals surface area contributed by atoms with Crippen molar-refractivity contribution in [3.8, 4) is 0 Å². The summed E-state index contributed by atoms with van der Waals surface area (Å²) < 4.78 is 0. The molecule has 76 valence electrons. The van der Waals surface area contributed by atoms with E-state index in [-0.39, 0.29) is 5.69 Å². The van der Waals surface area contributed by atoms with Crippen LogP contribution in [-0.2, 0) is 0 Å². The van der Waals surface area contributed by atoms with Crippen molar-refractivity contribution < 1.29 is 4.92 Å². The van der Waals surface area contributed by atoms with E-state index in [2.05, 4.69) is 4.98 Å². The van der Waals surface area contributed by atoms with E-state index in [0.29, 0.717) is 11.6 Å². The second-order valence-electron chi connectivity index (χ2n) is 2.28. The Bertz CT molecular complexity index is 322. The van der Waals surface area contributed by atoms with Crippen LogP contribution in [0.5, 0.6) is 0 Å². The summed E-state index contributed by atoms with van der Waals surface area (Å²) in [5, 5.41) is 11.0. The fraction of sp³-hybridized carbons (Fsp3) is 0.286. The van der Waals surface area contributed by atoms with Gasteiger partial charge in [-0.25, -0.2) is 4.98 Å². The minimum Gasteiger partial charge on any atom is -0.330 e. The SMILES string of the molecule is NCCSSc1ncccc1[N+](=O)[O-]. The van der Waals surface area contributed by atoms with Gasteiger partial charge in [0.05, 0.1) is 4.92 Å². The Kier molecular flexibility index (Phi) is 4.71. The molecular weight excluding hydrogens is 222 g/mol. The number of hydrogen-bond acceptors (Lipinski definition) is 6. The average molecular weight is 231 g/mol. The fourth-order valence-electron chi connectivity index (χ4n) is 0.731. The molecule has 1 aromatic rings. The van der Waals surface area contributed by atoms with E-state index in [4.69, 9.17) is 5.73 Å². The van der Waals surface area contributed by atoms with Gasteiger partial charge < -0.3 is 5.73 Å². The van der Waals surface area contributed by atoms with E-state index in [1.165, 1.54) is 27.7 Å². The Hall–Kier alpha value is -0.790. The number of nitrogens with two attached hydrogens (primary N) is 1. The van der Waals surface area contributed by atoms with Gasteiger partial charge in [0, 0.05) is 24.6 Å². The summed E-state index contributed by atoms with van der Waals surface area (Å²) >= 11 is 0. The normalized spacial score (nSPS) is 10.1. The van der Waals surface area contributed by atoms with E-state index in [0.717, 1.165) is 5.75 Å². The number of hydrogen-bond donors (Lipinski definition) is 1. The predicted octanol–water partition coefficient (Wildman–Crippen LogP) is 1.69. The van der Waals surface area contributed by atoms with Gasteiger partial charge in [-0.2, -0.15) is 0 Å². The zero-order valence-corrected chi connectivity index (χ0v) is 8.88. The molecule has 0 bridgehead atoms. The van der Waals surface area contributed by atoms with Crippen LogP contribution < -0.4 is 5.73 Å². The van der Waals surface area contributed by atoms with Crippen molar-refractivity contribution in [3.63, 3.8) is 0 Å². The maximum absolute atomic E-state index is 10.6. The first kappa shape index (κ1) is 11.3. The van der Waals surface area contributed by atoms with Crippen molar-refractivity contribution in [2.24, 2.45) is 5.73 Å². The summed E-state index contributed by atoms with van der Waals surface area (Å²) in [6.45, 7) is 0.554. The van der Waals surface area contributed by atoms with Crippen LogP contribution >= 0.6 is 21.6 Å². The molecule has 0 fully saturated rings. The van der Waals surface area contributed by atoms with Crippen LogP contribution in [0.2, 0.25) is 0 Å². The first-order valence-corrected chi connectivity index (χ1v) is 6.16. The van der Waals surface area contributed by atoms with E-state index in [1.807, 2.05) is 0 Å². The van der Waals surface area contributed by atoms with Gasteiger partial charge in [-0.15, -0.1) is 0 Å². The minimum absolute atomic E-state index is 0.0435. The van der Waals surface area contributed by atoms with Crippen LogP contribution in [0.15, 0.2) is 23.4 Å². The fourth-order valence-corrected chi connectivity index (χ4v) is 2.61. The number of aromatic nitrogens is 1. The molecule has 0 saturated carbocycles. The molecule has 0 saturated heterocycles. The summed E-state index contributed by atoms with van der Waals surface area (Å²) in [6.07, 6.45) is 1.54. The molecule has 5 nitrogen and oxygen atoms in total. The molecule has 0 spiro atoms. The topological polar surface area (TPSA) is 82.0 Å². The summed E-state index contributed by atoms with van der Waals surface area (Å²) in [5.74, 6) is 0.748. The van der Waals surface area contributed by atoms with Gasteiger partial charge in [-0.3, -0.25) is 10.1 Å². The third-order valence-corrected chi connectivity index (χ3v) is 3.61. The Labute approximate surface area is 89.0 Å². The third kappa shape index (κ3) is 3.17.